The number of hydrogen-bond donors (Lipinski definition) is 2. The van der Waals surface area contributed by atoms with Crippen molar-refractivity contribution in [3.05, 3.63) is 5.76 Å². The van der Waals surface area contributed by atoms with Crippen LogP contribution in [-0.4, -0.2) is 39.7 Å². The molecule has 4 unspecified atom stereocenters. The highest BCUT2D eigenvalue weighted by Crippen LogP contribution is 2.53. The van der Waals surface area contributed by atoms with Crippen LogP contribution in [0.25, 0.3) is 0 Å². The van der Waals surface area contributed by atoms with Crippen molar-refractivity contribution in [3.63, 3.8) is 0 Å². The Morgan fingerprint density at radius 1 is 1.31 bits per heavy atom. The van der Waals surface area contributed by atoms with Gasteiger partial charge in [-0.3, -0.25) is 4.79 Å². The van der Waals surface area contributed by atoms with E-state index in [0.29, 0.717) is 22.6 Å². The van der Waals surface area contributed by atoms with E-state index < -0.39 is 5.60 Å². The maximum atomic E-state index is 13.2. The average molecular weight is 423 g/mol. The summed E-state index contributed by atoms with van der Waals surface area (Å²) in [4.78, 5) is 13.8. The molecule has 0 saturated heterocycles. The molecule has 2 N–H and O–H groups in total. The SMILES string of the molecule is CC(C)Sc1c(OCC(C)(C)O)noc1C(=O)NC1C2CCCC3CC2C[C@H]1C3. The third-order valence-electron chi connectivity index (χ3n) is 6.64. The van der Waals surface area contributed by atoms with Crippen LogP contribution in [0.5, 0.6) is 5.88 Å². The molecule has 6 nitrogen and oxygen atoms in total. The third-order valence-corrected chi connectivity index (χ3v) is 7.71. The van der Waals surface area contributed by atoms with Crippen LogP contribution in [0.15, 0.2) is 9.42 Å². The van der Waals surface area contributed by atoms with E-state index in [0.717, 1.165) is 11.8 Å². The summed E-state index contributed by atoms with van der Waals surface area (Å²) in [7, 11) is 0. The fourth-order valence-corrected chi connectivity index (χ4v) is 6.55. The van der Waals surface area contributed by atoms with E-state index in [2.05, 4.69) is 24.3 Å². The number of amides is 1. The summed E-state index contributed by atoms with van der Waals surface area (Å²) < 4.78 is 11.1. The Morgan fingerprint density at radius 2 is 2.07 bits per heavy atom. The summed E-state index contributed by atoms with van der Waals surface area (Å²) in [6.07, 6.45) is 7.74. The summed E-state index contributed by atoms with van der Waals surface area (Å²) in [5.74, 6) is 3.18. The Balaban J connectivity index is 1.51. The first-order chi connectivity index (χ1) is 13.7. The molecule has 162 valence electrons. The molecule has 0 radical (unpaired) electrons. The summed E-state index contributed by atoms with van der Waals surface area (Å²) in [5, 5.41) is 17.5. The zero-order chi connectivity index (χ0) is 20.8. The number of thioether (sulfide) groups is 1. The monoisotopic (exact) mass is 422 g/mol. The number of hydrogen-bond acceptors (Lipinski definition) is 6. The number of carbonyl (C=O) groups is 1. The van der Waals surface area contributed by atoms with E-state index in [4.69, 9.17) is 9.26 Å². The molecule has 1 amide bonds. The van der Waals surface area contributed by atoms with Gasteiger partial charge in [0.15, 0.2) is 0 Å². The Hall–Kier alpha value is -1.21. The molecular weight excluding hydrogens is 388 g/mol. The fourth-order valence-electron chi connectivity index (χ4n) is 5.64. The van der Waals surface area contributed by atoms with Gasteiger partial charge in [-0.2, -0.15) is 0 Å². The molecule has 29 heavy (non-hydrogen) atoms. The first kappa shape index (κ1) is 21.0. The van der Waals surface area contributed by atoms with Gasteiger partial charge in [0.2, 0.25) is 5.76 Å². The third kappa shape index (κ3) is 4.61. The second kappa shape index (κ2) is 8.14. The molecule has 3 saturated carbocycles. The van der Waals surface area contributed by atoms with Crippen molar-refractivity contribution in [2.45, 2.75) is 88.0 Å². The van der Waals surface area contributed by atoms with Gasteiger partial charge in [-0.05, 0) is 68.4 Å². The minimum absolute atomic E-state index is 0.0854. The summed E-state index contributed by atoms with van der Waals surface area (Å²) in [6.45, 7) is 7.54. The molecule has 5 atom stereocenters. The quantitative estimate of drug-likeness (QED) is 0.639. The van der Waals surface area contributed by atoms with Crippen LogP contribution in [0.2, 0.25) is 0 Å². The van der Waals surface area contributed by atoms with Crippen LogP contribution in [0, 0.1) is 23.7 Å². The van der Waals surface area contributed by atoms with Crippen molar-refractivity contribution < 1.29 is 19.2 Å². The van der Waals surface area contributed by atoms with Crippen molar-refractivity contribution in [1.29, 1.82) is 0 Å². The molecule has 3 aliphatic carbocycles. The summed E-state index contributed by atoms with van der Waals surface area (Å²) >= 11 is 1.51. The number of ether oxygens (including phenoxy) is 1. The molecule has 1 aromatic rings. The molecule has 3 aliphatic rings. The molecule has 1 aromatic heterocycles. The molecule has 0 aromatic carbocycles. The Morgan fingerprint density at radius 3 is 2.79 bits per heavy atom. The summed E-state index contributed by atoms with van der Waals surface area (Å²) in [5.41, 5.74) is -0.986. The lowest BCUT2D eigenvalue weighted by molar-refractivity contribution is 0.0248. The van der Waals surface area contributed by atoms with Crippen LogP contribution < -0.4 is 10.1 Å². The van der Waals surface area contributed by atoms with Crippen LogP contribution >= 0.6 is 11.8 Å². The maximum Gasteiger partial charge on any atom is 0.291 e. The van der Waals surface area contributed by atoms with Gasteiger partial charge >= 0.3 is 0 Å². The normalized spacial score (nSPS) is 31.2. The van der Waals surface area contributed by atoms with Crippen molar-refractivity contribution in [2.75, 3.05) is 6.61 Å². The second-order valence-corrected chi connectivity index (χ2v) is 11.7. The maximum absolute atomic E-state index is 13.2. The highest BCUT2D eigenvalue weighted by molar-refractivity contribution is 8.00. The average Bonchev–Trinajstić information content (AvgIpc) is 3.06. The van der Waals surface area contributed by atoms with Crippen LogP contribution in [0.4, 0.5) is 0 Å². The van der Waals surface area contributed by atoms with Gasteiger partial charge in [-0.25, -0.2) is 0 Å². The number of aliphatic hydroxyl groups is 1. The Kier molecular flexibility index (Phi) is 5.90. The minimum atomic E-state index is -0.986. The number of aromatic nitrogens is 1. The van der Waals surface area contributed by atoms with E-state index in [1.54, 1.807) is 13.8 Å². The molecule has 3 bridgehead atoms. The zero-order valence-corrected chi connectivity index (χ0v) is 18.8. The first-order valence-electron chi connectivity index (χ1n) is 11.0. The van der Waals surface area contributed by atoms with Gasteiger partial charge in [-0.1, -0.05) is 26.7 Å². The lowest BCUT2D eigenvalue weighted by Crippen LogP contribution is -2.42. The van der Waals surface area contributed by atoms with Gasteiger partial charge in [0.05, 0.1) is 5.60 Å². The number of rotatable bonds is 7. The lowest BCUT2D eigenvalue weighted by atomic mass is 9.79. The van der Waals surface area contributed by atoms with Crippen LogP contribution in [0.3, 0.4) is 0 Å². The number of nitrogens with one attached hydrogen (secondary N) is 1. The molecule has 0 spiro atoms. The number of carbonyl (C=O) groups excluding carboxylic acids is 1. The van der Waals surface area contributed by atoms with E-state index in [1.807, 2.05) is 0 Å². The summed E-state index contributed by atoms with van der Waals surface area (Å²) in [6, 6.07) is 0.251. The topological polar surface area (TPSA) is 84.6 Å². The first-order valence-corrected chi connectivity index (χ1v) is 11.9. The molecule has 1 heterocycles. The van der Waals surface area contributed by atoms with E-state index >= 15 is 0 Å². The largest absolute Gasteiger partial charge is 0.472 e. The number of nitrogens with zero attached hydrogens (tertiary/aromatic N) is 1. The predicted molar refractivity (Wildman–Crippen MR) is 112 cm³/mol. The predicted octanol–water partition coefficient (Wildman–Crippen LogP) is 4.27. The molecule has 0 aliphatic heterocycles. The Labute approximate surface area is 177 Å². The fraction of sp³-hybridized carbons (Fsp3) is 0.818. The molecule has 3 fully saturated rings. The highest BCUT2D eigenvalue weighted by Gasteiger charge is 2.49. The van der Waals surface area contributed by atoms with E-state index in [9.17, 15) is 9.90 Å². The van der Waals surface area contributed by atoms with Gasteiger partial charge in [0, 0.05) is 11.3 Å². The van der Waals surface area contributed by atoms with Crippen molar-refractivity contribution in [2.24, 2.45) is 23.7 Å². The van der Waals surface area contributed by atoms with Gasteiger partial charge < -0.3 is 19.7 Å². The van der Waals surface area contributed by atoms with Gasteiger partial charge in [0.1, 0.15) is 11.5 Å². The lowest BCUT2D eigenvalue weighted by Gasteiger charge is -2.29. The van der Waals surface area contributed by atoms with Crippen LogP contribution in [-0.2, 0) is 0 Å². The van der Waals surface area contributed by atoms with Crippen LogP contribution in [0.1, 0.15) is 76.8 Å². The second-order valence-electron chi connectivity index (χ2n) is 10.1. The zero-order valence-electron chi connectivity index (χ0n) is 17.9. The van der Waals surface area contributed by atoms with E-state index in [1.165, 1.54) is 50.3 Å². The smallest absolute Gasteiger partial charge is 0.291 e. The number of fused-ring (bicyclic) bond motifs is 2. The van der Waals surface area contributed by atoms with Crippen molar-refractivity contribution in [1.82, 2.24) is 10.5 Å². The molecular formula is C22H34N2O4S. The molecule has 7 heteroatoms. The van der Waals surface area contributed by atoms with Gasteiger partial charge in [0.25, 0.3) is 11.8 Å². The minimum Gasteiger partial charge on any atom is -0.472 e. The standard InChI is InChI=1S/C22H34N2O4S/c1-12(2)29-19-18(28-24-21(19)27-11-22(3,4)26)20(25)23-17-15-9-13-6-5-7-16(17)14(8-13)10-15/h12-17,26H,5-11H2,1-4H3,(H,23,25)/t13?,14?,15-,16?,17?/m1/s1. The highest BCUT2D eigenvalue weighted by atomic mass is 32.2. The van der Waals surface area contributed by atoms with Crippen molar-refractivity contribution in [3.8, 4) is 5.88 Å². The van der Waals surface area contributed by atoms with Crippen molar-refractivity contribution >= 4 is 17.7 Å². The van der Waals surface area contributed by atoms with E-state index in [-0.39, 0.29) is 29.6 Å². The molecule has 4 rings (SSSR count). The van der Waals surface area contributed by atoms with Gasteiger partial charge in [-0.15, -0.1) is 11.8 Å². The Bertz CT molecular complexity index is 742.